The smallest absolute Gasteiger partial charge is 0.0593 e. The molecular formula is C12H24N2. The number of hydrogen-bond acceptors (Lipinski definition) is 2. The second-order valence-electron chi connectivity index (χ2n) is 4.83. The van der Waals surface area contributed by atoms with Crippen LogP contribution in [0.4, 0.5) is 0 Å². The fourth-order valence-corrected chi connectivity index (χ4v) is 2.82. The van der Waals surface area contributed by atoms with E-state index in [0.717, 1.165) is 0 Å². The molecule has 0 saturated carbocycles. The Balaban J connectivity index is 1.82. The first-order valence-corrected chi connectivity index (χ1v) is 6.36. The molecule has 14 heavy (non-hydrogen) atoms. The molecule has 82 valence electrons. The maximum atomic E-state index is 2.68. The molecule has 0 N–H and O–H groups in total. The van der Waals surface area contributed by atoms with Gasteiger partial charge in [-0.2, -0.15) is 0 Å². The molecule has 0 aromatic heterocycles. The number of nitrogens with zero attached hydrogens (tertiary/aromatic N) is 2. The summed E-state index contributed by atoms with van der Waals surface area (Å²) in [7, 11) is 0. The molecule has 0 unspecified atom stereocenters. The van der Waals surface area contributed by atoms with Crippen LogP contribution in [0, 0.1) is 0 Å². The lowest BCUT2D eigenvalue weighted by Crippen LogP contribution is -2.50. The second-order valence-corrected chi connectivity index (χ2v) is 4.83. The molecule has 0 aromatic carbocycles. The Morgan fingerprint density at radius 1 is 0.643 bits per heavy atom. The van der Waals surface area contributed by atoms with Gasteiger partial charge in [-0.1, -0.05) is 12.8 Å². The van der Waals surface area contributed by atoms with E-state index in [1.165, 1.54) is 64.7 Å². The van der Waals surface area contributed by atoms with Gasteiger partial charge in [0.2, 0.25) is 0 Å². The van der Waals surface area contributed by atoms with Gasteiger partial charge in [-0.05, 0) is 58.8 Å². The number of hydrogen-bond donors (Lipinski definition) is 0. The van der Waals surface area contributed by atoms with Crippen LogP contribution in [0.1, 0.15) is 45.4 Å². The van der Waals surface area contributed by atoms with E-state index in [-0.39, 0.29) is 0 Å². The lowest BCUT2D eigenvalue weighted by Gasteiger charge is -2.41. The molecule has 2 rings (SSSR count). The molecule has 2 aliphatic rings. The first-order chi connectivity index (χ1) is 6.88. The normalized spacial score (nSPS) is 27.0. The molecule has 2 saturated heterocycles. The summed E-state index contributed by atoms with van der Waals surface area (Å²) in [4.78, 5) is 5.35. The molecule has 0 aliphatic carbocycles. The zero-order valence-electron chi connectivity index (χ0n) is 9.54. The monoisotopic (exact) mass is 196 g/mol. The highest BCUT2D eigenvalue weighted by molar-refractivity contribution is 4.75. The van der Waals surface area contributed by atoms with Crippen molar-refractivity contribution >= 4 is 0 Å². The summed E-state index contributed by atoms with van der Waals surface area (Å²) in [5, 5.41) is 0. The van der Waals surface area contributed by atoms with E-state index in [1.807, 2.05) is 0 Å². The van der Waals surface area contributed by atoms with Crippen LogP contribution in [0.2, 0.25) is 0 Å². The lowest BCUT2D eigenvalue weighted by atomic mass is 10.1. The van der Waals surface area contributed by atoms with Crippen molar-refractivity contribution in [3.63, 3.8) is 0 Å². The van der Waals surface area contributed by atoms with Gasteiger partial charge in [0.15, 0.2) is 0 Å². The van der Waals surface area contributed by atoms with Crippen LogP contribution < -0.4 is 0 Å². The Hall–Kier alpha value is -0.0800. The standard InChI is InChI=1S/C12H24N2/c1-12(13-8-4-2-5-9-13)14-10-6-3-7-11-14/h12H,2-11H2,1H3. The van der Waals surface area contributed by atoms with Gasteiger partial charge >= 0.3 is 0 Å². The fourth-order valence-electron chi connectivity index (χ4n) is 2.82. The van der Waals surface area contributed by atoms with Crippen LogP contribution in [-0.4, -0.2) is 42.1 Å². The fraction of sp³-hybridized carbons (Fsp3) is 1.00. The summed E-state index contributed by atoms with van der Waals surface area (Å²) in [6, 6.07) is 0. The second kappa shape index (κ2) is 5.13. The molecule has 2 fully saturated rings. The predicted octanol–water partition coefficient (Wildman–Crippen LogP) is 2.30. The largest absolute Gasteiger partial charge is 0.288 e. The van der Waals surface area contributed by atoms with Crippen molar-refractivity contribution in [2.45, 2.75) is 51.6 Å². The highest BCUT2D eigenvalue weighted by Gasteiger charge is 2.23. The Morgan fingerprint density at radius 3 is 1.36 bits per heavy atom. The van der Waals surface area contributed by atoms with Crippen molar-refractivity contribution < 1.29 is 0 Å². The van der Waals surface area contributed by atoms with E-state index in [2.05, 4.69) is 16.7 Å². The molecule has 2 heterocycles. The topological polar surface area (TPSA) is 6.48 Å². The van der Waals surface area contributed by atoms with Gasteiger partial charge in [0, 0.05) is 0 Å². The van der Waals surface area contributed by atoms with Gasteiger partial charge in [0.1, 0.15) is 0 Å². The zero-order chi connectivity index (χ0) is 9.80. The molecule has 0 amide bonds. The summed E-state index contributed by atoms with van der Waals surface area (Å²) in [6.45, 7) is 7.72. The molecule has 0 spiro atoms. The highest BCUT2D eigenvalue weighted by atomic mass is 15.3. The van der Waals surface area contributed by atoms with Crippen LogP contribution in [-0.2, 0) is 0 Å². The minimum atomic E-state index is 0.704. The summed E-state index contributed by atoms with van der Waals surface area (Å²) in [5.74, 6) is 0. The Labute approximate surface area is 88.3 Å². The summed E-state index contributed by atoms with van der Waals surface area (Å²) in [6.07, 6.45) is 9.26. The van der Waals surface area contributed by atoms with E-state index in [0.29, 0.717) is 6.17 Å². The lowest BCUT2D eigenvalue weighted by molar-refractivity contribution is 0.0292. The third-order valence-electron chi connectivity index (χ3n) is 3.84. The SMILES string of the molecule is CC(N1CCCCC1)N1CCCCC1. The highest BCUT2D eigenvalue weighted by Crippen LogP contribution is 2.18. The summed E-state index contributed by atoms with van der Waals surface area (Å²) in [5.41, 5.74) is 0. The average molecular weight is 196 g/mol. The van der Waals surface area contributed by atoms with Gasteiger partial charge < -0.3 is 0 Å². The molecule has 0 atom stereocenters. The quantitative estimate of drug-likeness (QED) is 0.668. The van der Waals surface area contributed by atoms with Crippen molar-refractivity contribution in [1.82, 2.24) is 9.80 Å². The number of likely N-dealkylation sites (tertiary alicyclic amines) is 2. The van der Waals surface area contributed by atoms with E-state index in [1.54, 1.807) is 0 Å². The van der Waals surface area contributed by atoms with Crippen molar-refractivity contribution in [2.75, 3.05) is 26.2 Å². The molecule has 0 radical (unpaired) electrons. The first-order valence-electron chi connectivity index (χ1n) is 6.36. The average Bonchev–Trinajstić information content (AvgIpc) is 2.30. The van der Waals surface area contributed by atoms with Crippen LogP contribution in [0.25, 0.3) is 0 Å². The van der Waals surface area contributed by atoms with E-state index in [9.17, 15) is 0 Å². The van der Waals surface area contributed by atoms with Crippen LogP contribution >= 0.6 is 0 Å². The summed E-state index contributed by atoms with van der Waals surface area (Å²) >= 11 is 0. The van der Waals surface area contributed by atoms with Gasteiger partial charge in [-0.25, -0.2) is 0 Å². The molecule has 0 bridgehead atoms. The van der Waals surface area contributed by atoms with Crippen LogP contribution in [0.15, 0.2) is 0 Å². The number of piperidine rings is 2. The van der Waals surface area contributed by atoms with Crippen molar-refractivity contribution in [3.8, 4) is 0 Å². The van der Waals surface area contributed by atoms with E-state index >= 15 is 0 Å². The van der Waals surface area contributed by atoms with E-state index < -0.39 is 0 Å². The third-order valence-corrected chi connectivity index (χ3v) is 3.84. The minimum absolute atomic E-state index is 0.704. The molecule has 2 aliphatic heterocycles. The third kappa shape index (κ3) is 2.48. The van der Waals surface area contributed by atoms with Crippen molar-refractivity contribution in [2.24, 2.45) is 0 Å². The maximum absolute atomic E-state index is 2.68. The Morgan fingerprint density at radius 2 is 1.00 bits per heavy atom. The van der Waals surface area contributed by atoms with Crippen LogP contribution in [0.3, 0.4) is 0 Å². The predicted molar refractivity (Wildman–Crippen MR) is 60.3 cm³/mol. The van der Waals surface area contributed by atoms with Crippen molar-refractivity contribution in [3.05, 3.63) is 0 Å². The van der Waals surface area contributed by atoms with Crippen LogP contribution in [0.5, 0.6) is 0 Å². The van der Waals surface area contributed by atoms with Gasteiger partial charge in [-0.3, -0.25) is 9.80 Å². The number of rotatable bonds is 2. The zero-order valence-corrected chi connectivity index (χ0v) is 9.54. The molecule has 2 heteroatoms. The minimum Gasteiger partial charge on any atom is -0.288 e. The Bertz CT molecular complexity index is 140. The van der Waals surface area contributed by atoms with Gasteiger partial charge in [-0.15, -0.1) is 0 Å². The molecule has 0 aromatic rings. The molecular weight excluding hydrogens is 172 g/mol. The molecule has 2 nitrogen and oxygen atoms in total. The Kier molecular flexibility index (Phi) is 3.82. The first kappa shape index (κ1) is 10.4. The van der Waals surface area contributed by atoms with Crippen molar-refractivity contribution in [1.29, 1.82) is 0 Å². The summed E-state index contributed by atoms with van der Waals surface area (Å²) < 4.78 is 0. The van der Waals surface area contributed by atoms with Gasteiger partial charge in [0.05, 0.1) is 6.17 Å². The maximum Gasteiger partial charge on any atom is 0.0593 e. The van der Waals surface area contributed by atoms with Gasteiger partial charge in [0.25, 0.3) is 0 Å². The van der Waals surface area contributed by atoms with E-state index in [4.69, 9.17) is 0 Å².